The van der Waals surface area contributed by atoms with Gasteiger partial charge in [-0.15, -0.1) is 0 Å². The van der Waals surface area contributed by atoms with E-state index in [4.69, 9.17) is 0 Å². The molecule has 1 heterocycles. The lowest BCUT2D eigenvalue weighted by molar-refractivity contribution is -0.148. The number of halogens is 1. The number of carbonyl (C=O) groups excluding carboxylic acids is 2. The summed E-state index contributed by atoms with van der Waals surface area (Å²) in [7, 11) is 0. The smallest absolute Gasteiger partial charge is 0.329 e. The fourth-order valence-electron chi connectivity index (χ4n) is 2.95. The average Bonchev–Trinajstić information content (AvgIpc) is 2.92. The summed E-state index contributed by atoms with van der Waals surface area (Å²) in [4.78, 5) is 36.5. The average molecular weight is 403 g/mol. The molecule has 1 aliphatic rings. The van der Waals surface area contributed by atoms with Gasteiger partial charge < -0.3 is 5.11 Å². The van der Waals surface area contributed by atoms with Gasteiger partial charge in [0.05, 0.1) is 0 Å². The van der Waals surface area contributed by atoms with Gasteiger partial charge in [-0.05, 0) is 23.8 Å². The molecule has 0 aromatic heterocycles. The molecule has 25 heavy (non-hydrogen) atoms. The summed E-state index contributed by atoms with van der Waals surface area (Å²) in [5, 5.41) is 10.5. The summed E-state index contributed by atoms with van der Waals surface area (Å²) in [5.74, 6) is -2.64. The summed E-state index contributed by atoms with van der Waals surface area (Å²) in [6.45, 7) is 0. The molecule has 0 bridgehead atoms. The van der Waals surface area contributed by atoms with Crippen molar-refractivity contribution in [1.29, 1.82) is 0 Å². The van der Waals surface area contributed by atoms with Crippen LogP contribution in [0.3, 0.4) is 0 Å². The maximum atomic E-state index is 12.4. The third kappa shape index (κ3) is 3.56. The standard InChI is InChI=1S/C18H15BrN2O4/c19-13-8-4-7-12(9-13)17(23)20-21-15(22)10-14(16(21)18(24)25)11-5-2-1-3-6-11/h1-9,14,16H,10H2,(H,20,23)(H,24,25). The van der Waals surface area contributed by atoms with Crippen LogP contribution in [0.25, 0.3) is 0 Å². The van der Waals surface area contributed by atoms with E-state index in [0.29, 0.717) is 10.0 Å². The Morgan fingerprint density at radius 1 is 1.12 bits per heavy atom. The number of carbonyl (C=O) groups is 3. The van der Waals surface area contributed by atoms with E-state index < -0.39 is 29.7 Å². The number of aliphatic carboxylic acids is 1. The minimum atomic E-state index is -1.16. The molecule has 2 N–H and O–H groups in total. The summed E-state index contributed by atoms with van der Waals surface area (Å²) in [5.41, 5.74) is 3.53. The van der Waals surface area contributed by atoms with Gasteiger partial charge in [0.2, 0.25) is 5.91 Å². The number of hydrazine groups is 1. The number of carboxylic acid groups (broad SMARTS) is 1. The maximum absolute atomic E-state index is 12.4. The van der Waals surface area contributed by atoms with Gasteiger partial charge in [-0.25, -0.2) is 9.80 Å². The molecule has 1 aliphatic heterocycles. The molecular weight excluding hydrogens is 388 g/mol. The molecule has 128 valence electrons. The molecule has 0 saturated carbocycles. The zero-order valence-corrected chi connectivity index (χ0v) is 14.6. The third-order valence-electron chi connectivity index (χ3n) is 4.11. The van der Waals surface area contributed by atoms with Crippen molar-refractivity contribution in [3.8, 4) is 0 Å². The molecular formula is C18H15BrN2O4. The van der Waals surface area contributed by atoms with Gasteiger partial charge in [-0.2, -0.15) is 0 Å². The molecule has 2 aromatic carbocycles. The Kier molecular flexibility index (Phi) is 4.85. The molecule has 1 saturated heterocycles. The van der Waals surface area contributed by atoms with E-state index in [1.165, 1.54) is 0 Å². The van der Waals surface area contributed by atoms with Gasteiger partial charge in [0, 0.05) is 22.4 Å². The van der Waals surface area contributed by atoms with Gasteiger partial charge in [-0.1, -0.05) is 52.3 Å². The number of nitrogens with zero attached hydrogens (tertiary/aromatic N) is 1. The molecule has 2 aromatic rings. The van der Waals surface area contributed by atoms with Gasteiger partial charge in [-0.3, -0.25) is 15.0 Å². The first-order valence-corrected chi connectivity index (χ1v) is 8.43. The van der Waals surface area contributed by atoms with Crippen LogP contribution in [0.15, 0.2) is 59.1 Å². The van der Waals surface area contributed by atoms with E-state index in [-0.39, 0.29) is 6.42 Å². The molecule has 2 atom stereocenters. The fraction of sp³-hybridized carbons (Fsp3) is 0.167. The minimum Gasteiger partial charge on any atom is -0.480 e. The van der Waals surface area contributed by atoms with Crippen molar-refractivity contribution in [2.45, 2.75) is 18.4 Å². The topological polar surface area (TPSA) is 86.7 Å². The van der Waals surface area contributed by atoms with Crippen molar-refractivity contribution >= 4 is 33.7 Å². The first-order chi connectivity index (χ1) is 12.0. The highest BCUT2D eigenvalue weighted by molar-refractivity contribution is 9.10. The first kappa shape index (κ1) is 17.2. The Morgan fingerprint density at radius 2 is 1.84 bits per heavy atom. The van der Waals surface area contributed by atoms with E-state index in [1.54, 1.807) is 48.5 Å². The summed E-state index contributed by atoms with van der Waals surface area (Å²) < 4.78 is 0.713. The number of nitrogens with one attached hydrogen (secondary N) is 1. The van der Waals surface area contributed by atoms with Crippen molar-refractivity contribution in [3.63, 3.8) is 0 Å². The van der Waals surface area contributed by atoms with Crippen LogP contribution in [0.5, 0.6) is 0 Å². The Hall–Kier alpha value is -2.67. The van der Waals surface area contributed by atoms with E-state index >= 15 is 0 Å². The zero-order chi connectivity index (χ0) is 18.0. The lowest BCUT2D eigenvalue weighted by atomic mass is 9.92. The molecule has 6 nitrogen and oxygen atoms in total. The Bertz CT molecular complexity index is 825. The number of carboxylic acids is 1. The predicted molar refractivity (Wildman–Crippen MR) is 93.7 cm³/mol. The molecule has 0 radical (unpaired) electrons. The molecule has 3 rings (SSSR count). The highest BCUT2D eigenvalue weighted by Gasteiger charge is 2.46. The van der Waals surface area contributed by atoms with Crippen LogP contribution in [0.2, 0.25) is 0 Å². The monoisotopic (exact) mass is 402 g/mol. The van der Waals surface area contributed by atoms with Gasteiger partial charge >= 0.3 is 5.97 Å². The SMILES string of the molecule is O=C(NN1C(=O)CC(c2ccccc2)C1C(=O)O)c1cccc(Br)c1. The molecule has 1 fully saturated rings. The van der Waals surface area contributed by atoms with Crippen LogP contribution in [0, 0.1) is 0 Å². The largest absolute Gasteiger partial charge is 0.480 e. The van der Waals surface area contributed by atoms with Crippen LogP contribution in [-0.4, -0.2) is 33.9 Å². The molecule has 0 spiro atoms. The molecule has 7 heteroatoms. The van der Waals surface area contributed by atoms with Crippen LogP contribution >= 0.6 is 15.9 Å². The quantitative estimate of drug-likeness (QED) is 0.822. The highest BCUT2D eigenvalue weighted by atomic mass is 79.9. The van der Waals surface area contributed by atoms with Crippen molar-refractivity contribution in [3.05, 3.63) is 70.2 Å². The second-order valence-electron chi connectivity index (χ2n) is 5.72. The lowest BCUT2D eigenvalue weighted by Gasteiger charge is -2.25. The number of amides is 2. The van der Waals surface area contributed by atoms with E-state index in [2.05, 4.69) is 21.4 Å². The zero-order valence-electron chi connectivity index (χ0n) is 13.1. The summed E-state index contributed by atoms with van der Waals surface area (Å²) in [6, 6.07) is 14.5. The van der Waals surface area contributed by atoms with Crippen LogP contribution in [-0.2, 0) is 9.59 Å². The summed E-state index contributed by atoms with van der Waals surface area (Å²) in [6.07, 6.45) is 0.0275. The van der Waals surface area contributed by atoms with Gasteiger partial charge in [0.25, 0.3) is 5.91 Å². The number of hydrogen-bond donors (Lipinski definition) is 2. The molecule has 0 aliphatic carbocycles. The maximum Gasteiger partial charge on any atom is 0.329 e. The minimum absolute atomic E-state index is 0.0275. The van der Waals surface area contributed by atoms with Gasteiger partial charge in [0.1, 0.15) is 0 Å². The Labute approximate surface area is 152 Å². The first-order valence-electron chi connectivity index (χ1n) is 7.63. The Balaban J connectivity index is 1.86. The second-order valence-corrected chi connectivity index (χ2v) is 6.64. The fourth-order valence-corrected chi connectivity index (χ4v) is 3.35. The summed E-state index contributed by atoms with van der Waals surface area (Å²) >= 11 is 3.28. The van der Waals surface area contributed by atoms with Crippen molar-refractivity contribution < 1.29 is 19.5 Å². The number of benzene rings is 2. The van der Waals surface area contributed by atoms with Crippen LogP contribution < -0.4 is 5.43 Å². The van der Waals surface area contributed by atoms with E-state index in [1.807, 2.05) is 6.07 Å². The Morgan fingerprint density at radius 3 is 2.48 bits per heavy atom. The predicted octanol–water partition coefficient (Wildman–Crippen LogP) is 2.56. The normalized spacial score (nSPS) is 19.7. The molecule has 2 unspecified atom stereocenters. The van der Waals surface area contributed by atoms with Gasteiger partial charge in [0.15, 0.2) is 6.04 Å². The van der Waals surface area contributed by atoms with E-state index in [0.717, 1.165) is 10.6 Å². The highest BCUT2D eigenvalue weighted by Crippen LogP contribution is 2.33. The number of rotatable bonds is 4. The van der Waals surface area contributed by atoms with Crippen molar-refractivity contribution in [2.75, 3.05) is 0 Å². The van der Waals surface area contributed by atoms with Crippen LogP contribution in [0.4, 0.5) is 0 Å². The van der Waals surface area contributed by atoms with Crippen molar-refractivity contribution in [2.24, 2.45) is 0 Å². The third-order valence-corrected chi connectivity index (χ3v) is 4.61. The van der Waals surface area contributed by atoms with Crippen molar-refractivity contribution in [1.82, 2.24) is 10.4 Å². The molecule has 2 amide bonds. The van der Waals surface area contributed by atoms with Crippen LogP contribution in [0.1, 0.15) is 28.3 Å². The van der Waals surface area contributed by atoms with E-state index in [9.17, 15) is 19.5 Å². The number of hydrogen-bond acceptors (Lipinski definition) is 3. The lowest BCUT2D eigenvalue weighted by Crippen LogP contribution is -2.51. The second kappa shape index (κ2) is 7.06.